The molecule has 19 heavy (non-hydrogen) atoms. The van der Waals surface area contributed by atoms with Crippen molar-refractivity contribution in [1.82, 2.24) is 4.98 Å². The van der Waals surface area contributed by atoms with Crippen molar-refractivity contribution in [2.45, 2.75) is 43.4 Å². The summed E-state index contributed by atoms with van der Waals surface area (Å²) in [7, 11) is 1.42. The maximum atomic E-state index is 11.1. The number of carbonyl (C=O) groups excluding carboxylic acids is 1. The van der Waals surface area contributed by atoms with Gasteiger partial charge in [-0.05, 0) is 25.5 Å². The summed E-state index contributed by atoms with van der Waals surface area (Å²) in [5.74, 6) is -0.180. The van der Waals surface area contributed by atoms with Gasteiger partial charge in [0, 0.05) is 23.1 Å². The van der Waals surface area contributed by atoms with Crippen LogP contribution in [0.3, 0.4) is 0 Å². The van der Waals surface area contributed by atoms with E-state index in [4.69, 9.17) is 0 Å². The van der Waals surface area contributed by atoms with E-state index in [0.29, 0.717) is 18.9 Å². The third kappa shape index (κ3) is 4.38. The molecule has 1 saturated carbocycles. The Balaban J connectivity index is 1.79. The van der Waals surface area contributed by atoms with Crippen molar-refractivity contribution in [3.05, 3.63) is 11.1 Å². The molecule has 1 N–H and O–H groups in total. The summed E-state index contributed by atoms with van der Waals surface area (Å²) in [6.45, 7) is 0. The molecule has 106 valence electrons. The SMILES string of the molecule is COC(=O)CCc1csc(NC2CCC(SC)C2)n1. The molecule has 0 bridgehead atoms. The number of aromatic nitrogens is 1. The van der Waals surface area contributed by atoms with Crippen LogP contribution in [-0.2, 0) is 16.0 Å². The van der Waals surface area contributed by atoms with Crippen molar-refractivity contribution >= 4 is 34.2 Å². The molecule has 4 nitrogen and oxygen atoms in total. The van der Waals surface area contributed by atoms with Crippen molar-refractivity contribution < 1.29 is 9.53 Å². The molecule has 1 aromatic heterocycles. The van der Waals surface area contributed by atoms with Crippen molar-refractivity contribution in [1.29, 1.82) is 0 Å². The smallest absolute Gasteiger partial charge is 0.305 e. The van der Waals surface area contributed by atoms with Gasteiger partial charge in [0.25, 0.3) is 0 Å². The van der Waals surface area contributed by atoms with Crippen LogP contribution >= 0.6 is 23.1 Å². The summed E-state index contributed by atoms with van der Waals surface area (Å²) in [5, 5.41) is 7.29. The third-order valence-corrected chi connectivity index (χ3v) is 5.33. The zero-order valence-corrected chi connectivity index (χ0v) is 13.0. The predicted octanol–water partition coefficient (Wildman–Crippen LogP) is 2.94. The monoisotopic (exact) mass is 300 g/mol. The van der Waals surface area contributed by atoms with Crippen molar-refractivity contribution in [2.75, 3.05) is 18.7 Å². The van der Waals surface area contributed by atoms with Crippen molar-refractivity contribution in [3.8, 4) is 0 Å². The fraction of sp³-hybridized carbons (Fsp3) is 0.692. The number of nitrogens with zero attached hydrogens (tertiary/aromatic N) is 1. The molecule has 0 saturated heterocycles. The van der Waals surface area contributed by atoms with E-state index in [1.165, 1.54) is 26.4 Å². The molecule has 1 heterocycles. The topological polar surface area (TPSA) is 51.2 Å². The van der Waals surface area contributed by atoms with Crippen LogP contribution in [0.1, 0.15) is 31.4 Å². The normalized spacial score (nSPS) is 22.4. The van der Waals surface area contributed by atoms with E-state index in [9.17, 15) is 4.79 Å². The minimum Gasteiger partial charge on any atom is -0.469 e. The highest BCUT2D eigenvalue weighted by molar-refractivity contribution is 7.99. The number of thioether (sulfide) groups is 1. The summed E-state index contributed by atoms with van der Waals surface area (Å²) in [4.78, 5) is 15.6. The lowest BCUT2D eigenvalue weighted by atomic mass is 10.2. The first-order chi connectivity index (χ1) is 9.21. The average molecular weight is 300 g/mol. The van der Waals surface area contributed by atoms with Crippen LogP contribution < -0.4 is 5.32 Å². The predicted molar refractivity (Wildman–Crippen MR) is 81.0 cm³/mol. The fourth-order valence-electron chi connectivity index (χ4n) is 2.28. The van der Waals surface area contributed by atoms with E-state index in [1.54, 1.807) is 11.3 Å². The summed E-state index contributed by atoms with van der Waals surface area (Å²) in [6.07, 6.45) is 6.97. The first kappa shape index (κ1) is 14.7. The molecule has 0 aliphatic heterocycles. The molecule has 2 atom stereocenters. The van der Waals surface area contributed by atoms with E-state index in [2.05, 4.69) is 21.3 Å². The van der Waals surface area contributed by atoms with Gasteiger partial charge in [0.15, 0.2) is 5.13 Å². The second kappa shape index (κ2) is 7.14. The minimum absolute atomic E-state index is 0.180. The van der Waals surface area contributed by atoms with Crippen molar-refractivity contribution in [3.63, 3.8) is 0 Å². The lowest BCUT2D eigenvalue weighted by Gasteiger charge is -2.11. The summed E-state index contributed by atoms with van der Waals surface area (Å²) in [6, 6.07) is 0.553. The van der Waals surface area contributed by atoms with Crippen molar-refractivity contribution in [2.24, 2.45) is 0 Å². The largest absolute Gasteiger partial charge is 0.469 e. The van der Waals surface area contributed by atoms with E-state index in [-0.39, 0.29) is 5.97 Å². The average Bonchev–Trinajstić information content (AvgIpc) is 3.05. The second-order valence-electron chi connectivity index (χ2n) is 4.73. The Labute approximate surface area is 122 Å². The fourth-order valence-corrected chi connectivity index (χ4v) is 3.90. The number of thiazole rings is 1. The lowest BCUT2D eigenvalue weighted by Crippen LogP contribution is -2.15. The van der Waals surface area contributed by atoms with Crippen LogP contribution in [0.15, 0.2) is 5.38 Å². The van der Waals surface area contributed by atoms with Crippen LogP contribution in [0.5, 0.6) is 0 Å². The zero-order chi connectivity index (χ0) is 13.7. The van der Waals surface area contributed by atoms with Gasteiger partial charge in [-0.15, -0.1) is 11.3 Å². The zero-order valence-electron chi connectivity index (χ0n) is 11.3. The summed E-state index contributed by atoms with van der Waals surface area (Å²) < 4.78 is 4.63. The number of methoxy groups -OCH3 is 1. The molecule has 1 fully saturated rings. The number of ether oxygens (including phenoxy) is 1. The van der Waals surface area contributed by atoms with Gasteiger partial charge < -0.3 is 10.1 Å². The molecule has 1 aromatic rings. The van der Waals surface area contributed by atoms with Gasteiger partial charge in [-0.1, -0.05) is 0 Å². The number of anilines is 1. The maximum absolute atomic E-state index is 11.1. The Bertz CT molecular complexity index is 423. The Morgan fingerprint density at radius 2 is 2.47 bits per heavy atom. The Morgan fingerprint density at radius 3 is 3.16 bits per heavy atom. The van der Waals surface area contributed by atoms with E-state index >= 15 is 0 Å². The number of hydrogen-bond acceptors (Lipinski definition) is 6. The van der Waals surface area contributed by atoms with E-state index in [0.717, 1.165) is 16.1 Å². The number of hydrogen-bond donors (Lipinski definition) is 1. The molecule has 1 aliphatic carbocycles. The van der Waals surface area contributed by atoms with Gasteiger partial charge in [0.1, 0.15) is 0 Å². The molecule has 0 radical (unpaired) electrons. The molecule has 2 rings (SSSR count). The first-order valence-electron chi connectivity index (χ1n) is 6.51. The molecule has 0 aromatic carbocycles. The molecule has 6 heteroatoms. The summed E-state index contributed by atoms with van der Waals surface area (Å²) >= 11 is 3.58. The molecule has 0 amide bonds. The van der Waals surface area contributed by atoms with E-state index < -0.39 is 0 Å². The van der Waals surface area contributed by atoms with Crippen LogP contribution in [0.25, 0.3) is 0 Å². The number of carbonyl (C=O) groups is 1. The quantitative estimate of drug-likeness (QED) is 0.819. The molecular formula is C13H20N2O2S2. The lowest BCUT2D eigenvalue weighted by molar-refractivity contribution is -0.140. The van der Waals surface area contributed by atoms with Gasteiger partial charge in [0.05, 0.1) is 19.2 Å². The minimum atomic E-state index is -0.180. The molecule has 2 unspecified atom stereocenters. The van der Waals surface area contributed by atoms with Crippen LogP contribution in [0, 0.1) is 0 Å². The van der Waals surface area contributed by atoms with Gasteiger partial charge in [-0.25, -0.2) is 4.98 Å². The Morgan fingerprint density at radius 1 is 1.63 bits per heavy atom. The standard InChI is InChI=1S/C13H20N2O2S2/c1-17-12(16)6-4-10-8-19-13(15-10)14-9-3-5-11(7-9)18-2/h8-9,11H,3-7H2,1-2H3,(H,14,15). The van der Waals surface area contributed by atoms with Gasteiger partial charge in [0.2, 0.25) is 0 Å². The van der Waals surface area contributed by atoms with Crippen LogP contribution in [0.2, 0.25) is 0 Å². The van der Waals surface area contributed by atoms with Gasteiger partial charge >= 0.3 is 5.97 Å². The number of esters is 1. The second-order valence-corrected chi connectivity index (χ2v) is 6.73. The number of nitrogens with one attached hydrogen (secondary N) is 1. The first-order valence-corrected chi connectivity index (χ1v) is 8.68. The highest BCUT2D eigenvalue weighted by Gasteiger charge is 2.24. The van der Waals surface area contributed by atoms with E-state index in [1.807, 2.05) is 17.1 Å². The van der Waals surface area contributed by atoms with Gasteiger partial charge in [-0.2, -0.15) is 11.8 Å². The maximum Gasteiger partial charge on any atom is 0.305 e. The molecule has 1 aliphatic rings. The number of aryl methyl sites for hydroxylation is 1. The Kier molecular flexibility index (Phi) is 5.51. The van der Waals surface area contributed by atoms with Gasteiger partial charge in [-0.3, -0.25) is 4.79 Å². The number of rotatable bonds is 6. The van der Waals surface area contributed by atoms with Crippen LogP contribution in [0.4, 0.5) is 5.13 Å². The van der Waals surface area contributed by atoms with Crippen LogP contribution in [-0.4, -0.2) is 35.6 Å². The summed E-state index contributed by atoms with van der Waals surface area (Å²) in [5.41, 5.74) is 0.970. The third-order valence-electron chi connectivity index (χ3n) is 3.41. The molecule has 0 spiro atoms. The highest BCUT2D eigenvalue weighted by Crippen LogP contribution is 2.31. The Hall–Kier alpha value is -0.750. The highest BCUT2D eigenvalue weighted by atomic mass is 32.2. The molecular weight excluding hydrogens is 280 g/mol.